The molecule has 0 bridgehead atoms. The summed E-state index contributed by atoms with van der Waals surface area (Å²) >= 11 is 0. The Kier molecular flexibility index (Phi) is 17.7. The molecule has 0 fully saturated rings. The minimum Gasteiger partial charge on any atom is -0.481 e. The number of carboxylic acid groups (broad SMARTS) is 1. The third-order valence-electron chi connectivity index (χ3n) is 3.78. The summed E-state index contributed by atoms with van der Waals surface area (Å²) in [6.45, 7) is 2.22. The molecule has 0 rings (SSSR count). The molecule has 1 N–H and O–H groups in total. The van der Waals surface area contributed by atoms with Crippen LogP contribution in [0.25, 0.3) is 0 Å². The predicted molar refractivity (Wildman–Crippen MR) is 101 cm³/mol. The van der Waals surface area contributed by atoms with Gasteiger partial charge >= 0.3 is 5.97 Å². The maximum atomic E-state index is 10.4. The first-order valence-electron chi connectivity index (χ1n) is 9.44. The third kappa shape index (κ3) is 20.7. The molecule has 0 aliphatic heterocycles. The quantitative estimate of drug-likeness (QED) is 0.250. The van der Waals surface area contributed by atoms with Crippen molar-refractivity contribution in [3.8, 4) is 0 Å². The Balaban J connectivity index is 3.25. The monoisotopic (exact) mass is 320 g/mol. The number of hydrogen-bond acceptors (Lipinski definition) is 1. The SMILES string of the molecule is CCCCC=CCC=CCC=CCCCCCCCCC(=O)O. The Morgan fingerprint density at radius 1 is 0.696 bits per heavy atom. The molecule has 0 radical (unpaired) electrons. The lowest BCUT2D eigenvalue weighted by Crippen LogP contribution is -1.93. The van der Waals surface area contributed by atoms with Gasteiger partial charge in [0.1, 0.15) is 0 Å². The molecule has 0 aromatic rings. The molecule has 0 amide bonds. The van der Waals surface area contributed by atoms with Gasteiger partial charge in [0.25, 0.3) is 0 Å². The van der Waals surface area contributed by atoms with Crippen LogP contribution in [-0.2, 0) is 4.79 Å². The van der Waals surface area contributed by atoms with E-state index < -0.39 is 5.97 Å². The lowest BCUT2D eigenvalue weighted by atomic mass is 10.1. The summed E-state index contributed by atoms with van der Waals surface area (Å²) in [7, 11) is 0. The van der Waals surface area contributed by atoms with Gasteiger partial charge in [-0.2, -0.15) is 0 Å². The molecular formula is C21H36O2. The van der Waals surface area contributed by atoms with Gasteiger partial charge in [0.2, 0.25) is 0 Å². The minimum atomic E-state index is -0.670. The van der Waals surface area contributed by atoms with Crippen LogP contribution in [0.2, 0.25) is 0 Å². The van der Waals surface area contributed by atoms with E-state index in [4.69, 9.17) is 5.11 Å². The Hall–Kier alpha value is -1.31. The second kappa shape index (κ2) is 18.7. The van der Waals surface area contributed by atoms with E-state index >= 15 is 0 Å². The largest absolute Gasteiger partial charge is 0.481 e. The van der Waals surface area contributed by atoms with Crippen LogP contribution in [0.15, 0.2) is 36.5 Å². The van der Waals surface area contributed by atoms with E-state index in [0.29, 0.717) is 6.42 Å². The van der Waals surface area contributed by atoms with E-state index in [2.05, 4.69) is 43.4 Å². The Morgan fingerprint density at radius 2 is 1.17 bits per heavy atom. The highest BCUT2D eigenvalue weighted by atomic mass is 16.4. The second-order valence-corrected chi connectivity index (χ2v) is 6.08. The molecule has 132 valence electrons. The molecule has 0 spiro atoms. The maximum absolute atomic E-state index is 10.4. The standard InChI is InChI=1S/C21H36O2/c1-2-3-4-5-6-7-8-9-10-11-12-13-14-15-16-17-18-19-20-21(22)23/h5-6,8-9,11-12H,2-4,7,10,13-20H2,1H3,(H,22,23). The van der Waals surface area contributed by atoms with E-state index in [1.165, 1.54) is 51.4 Å². The van der Waals surface area contributed by atoms with Gasteiger partial charge < -0.3 is 5.11 Å². The molecule has 0 unspecified atom stereocenters. The average Bonchev–Trinajstić information content (AvgIpc) is 2.53. The van der Waals surface area contributed by atoms with Crippen LogP contribution in [0.5, 0.6) is 0 Å². The summed E-state index contributed by atoms with van der Waals surface area (Å²) in [6.07, 6.45) is 27.7. The van der Waals surface area contributed by atoms with Crippen molar-refractivity contribution in [1.29, 1.82) is 0 Å². The Bertz CT molecular complexity index is 340. The number of aliphatic carboxylic acids is 1. The molecule has 0 aromatic carbocycles. The van der Waals surface area contributed by atoms with Crippen LogP contribution >= 0.6 is 0 Å². The summed E-state index contributed by atoms with van der Waals surface area (Å²) in [5.74, 6) is -0.670. The van der Waals surface area contributed by atoms with Crippen molar-refractivity contribution in [1.82, 2.24) is 0 Å². The van der Waals surface area contributed by atoms with Crippen molar-refractivity contribution in [3.05, 3.63) is 36.5 Å². The lowest BCUT2D eigenvalue weighted by Gasteiger charge is -1.99. The van der Waals surface area contributed by atoms with Crippen LogP contribution in [0.4, 0.5) is 0 Å². The zero-order chi connectivity index (χ0) is 17.0. The topological polar surface area (TPSA) is 37.3 Å². The first kappa shape index (κ1) is 21.7. The van der Waals surface area contributed by atoms with Gasteiger partial charge in [0.05, 0.1) is 0 Å². The molecule has 0 saturated carbocycles. The highest BCUT2D eigenvalue weighted by molar-refractivity contribution is 5.66. The smallest absolute Gasteiger partial charge is 0.303 e. The first-order chi connectivity index (χ1) is 11.3. The van der Waals surface area contributed by atoms with Gasteiger partial charge in [0, 0.05) is 6.42 Å². The number of rotatable bonds is 16. The van der Waals surface area contributed by atoms with E-state index in [-0.39, 0.29) is 0 Å². The molecule has 23 heavy (non-hydrogen) atoms. The van der Waals surface area contributed by atoms with Gasteiger partial charge in [-0.05, 0) is 38.5 Å². The van der Waals surface area contributed by atoms with Crippen LogP contribution in [0.3, 0.4) is 0 Å². The predicted octanol–water partition coefficient (Wildman–Crippen LogP) is 6.83. The van der Waals surface area contributed by atoms with Crippen molar-refractivity contribution in [3.63, 3.8) is 0 Å². The van der Waals surface area contributed by atoms with Crippen LogP contribution in [-0.4, -0.2) is 11.1 Å². The molecule has 2 nitrogen and oxygen atoms in total. The number of carboxylic acids is 1. The third-order valence-corrected chi connectivity index (χ3v) is 3.78. The van der Waals surface area contributed by atoms with Gasteiger partial charge in [-0.3, -0.25) is 4.79 Å². The van der Waals surface area contributed by atoms with E-state index in [0.717, 1.165) is 25.7 Å². The number of allylic oxidation sites excluding steroid dienone is 6. The Morgan fingerprint density at radius 3 is 1.74 bits per heavy atom. The van der Waals surface area contributed by atoms with E-state index in [1.54, 1.807) is 0 Å². The second-order valence-electron chi connectivity index (χ2n) is 6.08. The van der Waals surface area contributed by atoms with Crippen LogP contribution < -0.4 is 0 Å². The average molecular weight is 321 g/mol. The Labute approximate surface area is 143 Å². The summed E-state index contributed by atoms with van der Waals surface area (Å²) in [6, 6.07) is 0. The minimum absolute atomic E-state index is 0.324. The molecule has 0 atom stereocenters. The van der Waals surface area contributed by atoms with Gasteiger partial charge in [-0.15, -0.1) is 0 Å². The summed E-state index contributed by atoms with van der Waals surface area (Å²) < 4.78 is 0. The van der Waals surface area contributed by atoms with Crippen molar-refractivity contribution in [2.45, 2.75) is 90.4 Å². The van der Waals surface area contributed by atoms with Crippen molar-refractivity contribution >= 4 is 5.97 Å². The lowest BCUT2D eigenvalue weighted by molar-refractivity contribution is -0.137. The fourth-order valence-electron chi connectivity index (χ4n) is 2.35. The van der Waals surface area contributed by atoms with Crippen molar-refractivity contribution in [2.24, 2.45) is 0 Å². The molecule has 0 aliphatic rings. The van der Waals surface area contributed by atoms with Gasteiger partial charge in [0.15, 0.2) is 0 Å². The molecule has 0 aromatic heterocycles. The van der Waals surface area contributed by atoms with Gasteiger partial charge in [-0.1, -0.05) is 81.9 Å². The summed E-state index contributed by atoms with van der Waals surface area (Å²) in [4.78, 5) is 10.4. The normalized spacial score (nSPS) is 12.0. The number of unbranched alkanes of at least 4 members (excludes halogenated alkanes) is 8. The fourth-order valence-corrected chi connectivity index (χ4v) is 2.35. The van der Waals surface area contributed by atoms with Gasteiger partial charge in [-0.25, -0.2) is 0 Å². The van der Waals surface area contributed by atoms with E-state index in [9.17, 15) is 4.79 Å². The molecule has 0 saturated heterocycles. The summed E-state index contributed by atoms with van der Waals surface area (Å²) in [5.41, 5.74) is 0. The van der Waals surface area contributed by atoms with Crippen molar-refractivity contribution in [2.75, 3.05) is 0 Å². The fraction of sp³-hybridized carbons (Fsp3) is 0.667. The van der Waals surface area contributed by atoms with Crippen LogP contribution in [0, 0.1) is 0 Å². The zero-order valence-electron chi connectivity index (χ0n) is 15.0. The number of carbonyl (C=O) groups is 1. The molecular weight excluding hydrogens is 284 g/mol. The zero-order valence-corrected chi connectivity index (χ0v) is 15.0. The maximum Gasteiger partial charge on any atom is 0.303 e. The summed E-state index contributed by atoms with van der Waals surface area (Å²) in [5, 5.41) is 8.53. The number of hydrogen-bond donors (Lipinski definition) is 1. The van der Waals surface area contributed by atoms with Crippen LogP contribution in [0.1, 0.15) is 90.4 Å². The molecule has 0 aliphatic carbocycles. The first-order valence-corrected chi connectivity index (χ1v) is 9.44. The highest BCUT2D eigenvalue weighted by Gasteiger charge is 1.95. The van der Waals surface area contributed by atoms with Crippen molar-refractivity contribution < 1.29 is 9.90 Å². The molecule has 0 heterocycles. The van der Waals surface area contributed by atoms with E-state index in [1.807, 2.05) is 0 Å². The highest BCUT2D eigenvalue weighted by Crippen LogP contribution is 2.09. The molecule has 2 heteroatoms.